The van der Waals surface area contributed by atoms with Crippen LogP contribution in [0.15, 0.2) is 23.6 Å². The lowest BCUT2D eigenvalue weighted by Gasteiger charge is -1.98. The number of nitrogens with zero attached hydrogens (tertiary/aromatic N) is 2. The molecule has 0 aliphatic heterocycles. The van der Waals surface area contributed by atoms with Gasteiger partial charge in [0.1, 0.15) is 11.4 Å². The molecule has 2 heterocycles. The minimum Gasteiger partial charge on any atom is -0.364 e. The molecule has 0 spiro atoms. The Kier molecular flexibility index (Phi) is 2.55. The van der Waals surface area contributed by atoms with Crippen molar-refractivity contribution in [3.63, 3.8) is 0 Å². The molecule has 0 aliphatic carbocycles. The second-order valence-corrected chi connectivity index (χ2v) is 4.02. The minimum atomic E-state index is -0.438. The largest absolute Gasteiger partial charge is 0.364 e. The summed E-state index contributed by atoms with van der Waals surface area (Å²) in [4.78, 5) is 12.2. The lowest BCUT2D eigenvalue weighted by molar-refractivity contribution is 0.0990. The molecule has 1 amide bonds. The van der Waals surface area contributed by atoms with Gasteiger partial charge in [-0.15, -0.1) is 11.3 Å². The summed E-state index contributed by atoms with van der Waals surface area (Å²) in [6.07, 6.45) is 0. The number of hydrogen-bond acceptors (Lipinski definition) is 3. The fraction of sp³-hybridized carbons (Fsp3) is 0.200. The quantitative estimate of drug-likeness (QED) is 0.858. The zero-order chi connectivity index (χ0) is 10.8. The predicted octanol–water partition coefficient (Wildman–Crippen LogP) is 1.73. The Labute approximate surface area is 91.3 Å². The molecule has 0 radical (unpaired) electrons. The van der Waals surface area contributed by atoms with E-state index in [4.69, 9.17) is 5.73 Å². The van der Waals surface area contributed by atoms with Crippen LogP contribution in [0, 0.1) is 0 Å². The topological polar surface area (TPSA) is 60.9 Å². The average molecular weight is 221 g/mol. The lowest BCUT2D eigenvalue weighted by Crippen LogP contribution is -2.16. The van der Waals surface area contributed by atoms with E-state index in [1.165, 1.54) is 0 Å². The average Bonchev–Trinajstić information content (AvgIpc) is 2.86. The van der Waals surface area contributed by atoms with Crippen LogP contribution in [0.2, 0.25) is 0 Å². The van der Waals surface area contributed by atoms with Gasteiger partial charge in [0.05, 0.1) is 4.88 Å². The van der Waals surface area contributed by atoms with Crippen LogP contribution < -0.4 is 5.73 Å². The number of hydrogen-bond donors (Lipinski definition) is 1. The number of primary amides is 1. The van der Waals surface area contributed by atoms with Crippen LogP contribution in [0.1, 0.15) is 17.4 Å². The Morgan fingerprint density at radius 3 is 2.93 bits per heavy atom. The first-order valence-corrected chi connectivity index (χ1v) is 5.52. The third-order valence-corrected chi connectivity index (χ3v) is 3.00. The molecule has 2 aromatic rings. The monoisotopic (exact) mass is 221 g/mol. The Bertz CT molecular complexity index is 473. The molecule has 0 bridgehead atoms. The van der Waals surface area contributed by atoms with Crippen molar-refractivity contribution in [1.82, 2.24) is 9.78 Å². The molecule has 0 fully saturated rings. The third kappa shape index (κ3) is 1.78. The Morgan fingerprint density at radius 2 is 2.47 bits per heavy atom. The van der Waals surface area contributed by atoms with E-state index in [0.717, 1.165) is 10.6 Å². The molecule has 0 aliphatic rings. The van der Waals surface area contributed by atoms with Gasteiger partial charge in [-0.3, -0.25) is 9.48 Å². The van der Waals surface area contributed by atoms with Crippen molar-refractivity contribution in [2.75, 3.05) is 0 Å². The molecule has 2 rings (SSSR count). The molecular formula is C10H11N3OS. The van der Waals surface area contributed by atoms with Gasteiger partial charge in [-0.05, 0) is 24.4 Å². The highest BCUT2D eigenvalue weighted by Crippen LogP contribution is 2.23. The van der Waals surface area contributed by atoms with Crippen LogP contribution in [0.5, 0.6) is 0 Å². The highest BCUT2D eigenvalue weighted by molar-refractivity contribution is 7.13. The molecule has 0 saturated carbocycles. The van der Waals surface area contributed by atoms with E-state index in [9.17, 15) is 4.79 Å². The van der Waals surface area contributed by atoms with Gasteiger partial charge in [-0.25, -0.2) is 0 Å². The smallest absolute Gasteiger partial charge is 0.266 e. The number of carbonyl (C=O) groups is 1. The maximum Gasteiger partial charge on any atom is 0.266 e. The standard InChI is InChI=1S/C10H11N3OS/c1-2-13-8(10(11)14)6-7(12-13)9-4-3-5-15-9/h3-6H,2H2,1H3,(H2,11,14). The van der Waals surface area contributed by atoms with Crippen LogP contribution in [-0.2, 0) is 6.54 Å². The van der Waals surface area contributed by atoms with Crippen LogP contribution >= 0.6 is 11.3 Å². The van der Waals surface area contributed by atoms with Crippen molar-refractivity contribution in [2.24, 2.45) is 5.73 Å². The molecule has 4 nitrogen and oxygen atoms in total. The maximum absolute atomic E-state index is 11.1. The molecule has 78 valence electrons. The Balaban J connectivity index is 2.48. The van der Waals surface area contributed by atoms with E-state index >= 15 is 0 Å². The van der Waals surface area contributed by atoms with Crippen molar-refractivity contribution in [3.05, 3.63) is 29.3 Å². The summed E-state index contributed by atoms with van der Waals surface area (Å²) in [5, 5.41) is 6.30. The molecule has 2 N–H and O–H groups in total. The molecule has 0 aromatic carbocycles. The van der Waals surface area contributed by atoms with Crippen LogP contribution in [0.3, 0.4) is 0 Å². The summed E-state index contributed by atoms with van der Waals surface area (Å²) >= 11 is 1.59. The number of amides is 1. The fourth-order valence-electron chi connectivity index (χ4n) is 1.40. The summed E-state index contributed by atoms with van der Waals surface area (Å²) in [6.45, 7) is 2.57. The second-order valence-electron chi connectivity index (χ2n) is 3.07. The second kappa shape index (κ2) is 3.86. The Hall–Kier alpha value is -1.62. The minimum absolute atomic E-state index is 0.438. The summed E-state index contributed by atoms with van der Waals surface area (Å²) < 4.78 is 1.62. The summed E-state index contributed by atoms with van der Waals surface area (Å²) in [7, 11) is 0. The lowest BCUT2D eigenvalue weighted by atomic mass is 10.3. The SMILES string of the molecule is CCn1nc(-c2cccs2)cc1C(N)=O. The highest BCUT2D eigenvalue weighted by Gasteiger charge is 2.12. The van der Waals surface area contributed by atoms with Crippen molar-refractivity contribution in [3.8, 4) is 10.6 Å². The molecule has 0 atom stereocenters. The fourth-order valence-corrected chi connectivity index (χ4v) is 2.08. The molecule has 15 heavy (non-hydrogen) atoms. The van der Waals surface area contributed by atoms with Crippen molar-refractivity contribution >= 4 is 17.2 Å². The number of aryl methyl sites for hydroxylation is 1. The zero-order valence-electron chi connectivity index (χ0n) is 8.30. The number of rotatable bonds is 3. The van der Waals surface area contributed by atoms with E-state index in [2.05, 4.69) is 5.10 Å². The van der Waals surface area contributed by atoms with Crippen LogP contribution in [0.4, 0.5) is 0 Å². The van der Waals surface area contributed by atoms with Gasteiger partial charge in [0.25, 0.3) is 5.91 Å². The molecule has 5 heteroatoms. The first-order chi connectivity index (χ1) is 7.22. The molecular weight excluding hydrogens is 210 g/mol. The highest BCUT2D eigenvalue weighted by atomic mass is 32.1. The number of thiophene rings is 1. The van der Waals surface area contributed by atoms with E-state index in [-0.39, 0.29) is 0 Å². The molecule has 0 saturated heterocycles. The van der Waals surface area contributed by atoms with Crippen LogP contribution in [0.25, 0.3) is 10.6 Å². The third-order valence-electron chi connectivity index (χ3n) is 2.11. The van der Waals surface area contributed by atoms with Gasteiger partial charge in [0, 0.05) is 6.54 Å². The van der Waals surface area contributed by atoms with Gasteiger partial charge in [0.2, 0.25) is 0 Å². The van der Waals surface area contributed by atoms with E-state index in [0.29, 0.717) is 12.2 Å². The van der Waals surface area contributed by atoms with Gasteiger partial charge < -0.3 is 5.73 Å². The summed E-state index contributed by atoms with van der Waals surface area (Å²) in [5.41, 5.74) is 6.53. The van der Waals surface area contributed by atoms with Gasteiger partial charge in [0.15, 0.2) is 0 Å². The Morgan fingerprint density at radius 1 is 1.67 bits per heavy atom. The van der Waals surface area contributed by atoms with Crippen molar-refractivity contribution in [1.29, 1.82) is 0 Å². The van der Waals surface area contributed by atoms with Gasteiger partial charge >= 0.3 is 0 Å². The summed E-state index contributed by atoms with van der Waals surface area (Å²) in [5.74, 6) is -0.438. The number of nitrogens with two attached hydrogens (primary N) is 1. The maximum atomic E-state index is 11.1. The van der Waals surface area contributed by atoms with Gasteiger partial charge in [-0.2, -0.15) is 5.10 Å². The van der Waals surface area contributed by atoms with Crippen molar-refractivity contribution in [2.45, 2.75) is 13.5 Å². The van der Waals surface area contributed by atoms with E-state index < -0.39 is 5.91 Å². The number of carbonyl (C=O) groups excluding carboxylic acids is 1. The van der Waals surface area contributed by atoms with Gasteiger partial charge in [-0.1, -0.05) is 6.07 Å². The normalized spacial score (nSPS) is 10.5. The zero-order valence-corrected chi connectivity index (χ0v) is 9.12. The molecule has 0 unspecified atom stereocenters. The van der Waals surface area contributed by atoms with E-state index in [1.807, 2.05) is 24.4 Å². The van der Waals surface area contributed by atoms with Crippen LogP contribution in [-0.4, -0.2) is 15.7 Å². The first kappa shape index (κ1) is 9.92. The number of aromatic nitrogens is 2. The molecule has 2 aromatic heterocycles. The van der Waals surface area contributed by atoms with E-state index in [1.54, 1.807) is 22.1 Å². The van der Waals surface area contributed by atoms with Crippen molar-refractivity contribution < 1.29 is 4.79 Å². The summed E-state index contributed by atoms with van der Waals surface area (Å²) in [6, 6.07) is 5.66. The predicted molar refractivity (Wildman–Crippen MR) is 59.7 cm³/mol. The first-order valence-electron chi connectivity index (χ1n) is 4.64.